The third kappa shape index (κ3) is 3.47. The lowest BCUT2D eigenvalue weighted by atomic mass is 10.1. The van der Waals surface area contributed by atoms with Crippen molar-refractivity contribution >= 4 is 5.91 Å². The number of hydrogen-bond acceptors (Lipinski definition) is 3. The zero-order valence-electron chi connectivity index (χ0n) is 9.13. The molecule has 0 aromatic carbocycles. The molecule has 1 saturated carbocycles. The molecule has 0 radical (unpaired) electrons. The molecule has 86 valence electrons. The van der Waals surface area contributed by atoms with Gasteiger partial charge in [-0.25, -0.2) is 5.48 Å². The maximum absolute atomic E-state index is 11.5. The first kappa shape index (κ1) is 10.9. The summed E-state index contributed by atoms with van der Waals surface area (Å²) in [5, 5.41) is 3.30. The van der Waals surface area contributed by atoms with Crippen molar-refractivity contribution in [3.63, 3.8) is 0 Å². The summed E-state index contributed by atoms with van der Waals surface area (Å²) in [7, 11) is 0. The van der Waals surface area contributed by atoms with Crippen LogP contribution in [0.25, 0.3) is 0 Å². The van der Waals surface area contributed by atoms with E-state index in [1.54, 1.807) is 0 Å². The van der Waals surface area contributed by atoms with Crippen LogP contribution in [-0.4, -0.2) is 24.6 Å². The average Bonchev–Trinajstić information content (AvgIpc) is 2.86. The molecule has 1 heterocycles. The number of hydroxylamine groups is 1. The first-order valence-electron chi connectivity index (χ1n) is 6.02. The van der Waals surface area contributed by atoms with Crippen LogP contribution in [0, 0.1) is 0 Å². The Labute approximate surface area is 90.7 Å². The fraction of sp³-hybridized carbons (Fsp3) is 0.909. The second-order valence-electron chi connectivity index (χ2n) is 4.55. The lowest BCUT2D eigenvalue weighted by molar-refractivity contribution is -0.138. The first-order valence-corrected chi connectivity index (χ1v) is 6.02. The third-order valence-electron chi connectivity index (χ3n) is 3.24. The van der Waals surface area contributed by atoms with E-state index in [1.165, 1.54) is 19.3 Å². The van der Waals surface area contributed by atoms with Gasteiger partial charge >= 0.3 is 0 Å². The Morgan fingerprint density at radius 3 is 2.73 bits per heavy atom. The summed E-state index contributed by atoms with van der Waals surface area (Å²) in [6, 6.07) is 0.358. The Morgan fingerprint density at radius 2 is 2.07 bits per heavy atom. The quantitative estimate of drug-likeness (QED) is 0.687. The second kappa shape index (κ2) is 5.47. The summed E-state index contributed by atoms with van der Waals surface area (Å²) in [5.74, 6) is 0.0151. The number of carbonyl (C=O) groups is 1. The highest BCUT2D eigenvalue weighted by molar-refractivity contribution is 5.75. The lowest BCUT2D eigenvalue weighted by Crippen LogP contribution is -2.33. The van der Waals surface area contributed by atoms with Crippen molar-refractivity contribution in [3.8, 4) is 0 Å². The zero-order valence-corrected chi connectivity index (χ0v) is 9.13. The van der Waals surface area contributed by atoms with Gasteiger partial charge in [-0.2, -0.15) is 0 Å². The second-order valence-corrected chi connectivity index (χ2v) is 4.55. The van der Waals surface area contributed by atoms with Gasteiger partial charge in [-0.3, -0.25) is 9.63 Å². The molecule has 2 fully saturated rings. The summed E-state index contributed by atoms with van der Waals surface area (Å²) in [5.41, 5.74) is 2.57. The monoisotopic (exact) mass is 212 g/mol. The van der Waals surface area contributed by atoms with Crippen molar-refractivity contribution in [1.82, 2.24) is 10.8 Å². The highest BCUT2D eigenvalue weighted by atomic mass is 16.7. The largest absolute Gasteiger partial charge is 0.313 e. The normalized spacial score (nSPS) is 27.1. The molecule has 2 N–H and O–H groups in total. The molecule has 0 bridgehead atoms. The standard InChI is InChI=1S/C11H20N2O2/c14-11(8-9-4-3-7-12-9)13-15-10-5-1-2-6-10/h9-10,12H,1-8H2,(H,13,14). The van der Waals surface area contributed by atoms with Crippen molar-refractivity contribution < 1.29 is 9.63 Å². The van der Waals surface area contributed by atoms with Gasteiger partial charge in [0.2, 0.25) is 5.91 Å². The number of rotatable bonds is 4. The van der Waals surface area contributed by atoms with Crippen LogP contribution in [0.15, 0.2) is 0 Å². The molecule has 0 aromatic heterocycles. The summed E-state index contributed by atoms with van der Waals surface area (Å²) in [6.07, 6.45) is 7.72. The molecule has 15 heavy (non-hydrogen) atoms. The van der Waals surface area contributed by atoms with Gasteiger partial charge in [0, 0.05) is 12.5 Å². The number of carbonyl (C=O) groups excluding carboxylic acids is 1. The first-order chi connectivity index (χ1) is 7.34. The number of amides is 1. The van der Waals surface area contributed by atoms with Crippen LogP contribution in [-0.2, 0) is 9.63 Å². The molecule has 1 atom stereocenters. The summed E-state index contributed by atoms with van der Waals surface area (Å²) < 4.78 is 0. The molecule has 1 aliphatic carbocycles. The predicted molar refractivity (Wildman–Crippen MR) is 57.1 cm³/mol. The molecule has 2 aliphatic rings. The van der Waals surface area contributed by atoms with E-state index in [1.807, 2.05) is 0 Å². The van der Waals surface area contributed by atoms with Gasteiger partial charge in [0.25, 0.3) is 0 Å². The van der Waals surface area contributed by atoms with Crippen molar-refractivity contribution in [2.75, 3.05) is 6.54 Å². The van der Waals surface area contributed by atoms with E-state index in [0.717, 1.165) is 25.8 Å². The van der Waals surface area contributed by atoms with Crippen molar-refractivity contribution in [3.05, 3.63) is 0 Å². The Morgan fingerprint density at radius 1 is 1.27 bits per heavy atom. The minimum atomic E-state index is 0.0151. The van der Waals surface area contributed by atoms with E-state index in [2.05, 4.69) is 10.8 Å². The maximum Gasteiger partial charge on any atom is 0.245 e. The minimum absolute atomic E-state index is 0.0151. The average molecular weight is 212 g/mol. The summed E-state index contributed by atoms with van der Waals surface area (Å²) in [4.78, 5) is 16.8. The molecule has 4 nitrogen and oxygen atoms in total. The molecule has 0 spiro atoms. The Hall–Kier alpha value is -0.610. The van der Waals surface area contributed by atoms with Crippen LogP contribution in [0.4, 0.5) is 0 Å². The van der Waals surface area contributed by atoms with Crippen LogP contribution >= 0.6 is 0 Å². The topological polar surface area (TPSA) is 50.4 Å². The van der Waals surface area contributed by atoms with Crippen LogP contribution in [0.1, 0.15) is 44.9 Å². The van der Waals surface area contributed by atoms with Crippen LogP contribution in [0.2, 0.25) is 0 Å². The van der Waals surface area contributed by atoms with E-state index >= 15 is 0 Å². The molecule has 4 heteroatoms. The summed E-state index contributed by atoms with van der Waals surface area (Å²) >= 11 is 0. The van der Waals surface area contributed by atoms with Crippen molar-refractivity contribution in [2.45, 2.75) is 57.1 Å². The van der Waals surface area contributed by atoms with Gasteiger partial charge in [-0.1, -0.05) is 12.8 Å². The Bertz CT molecular complexity index is 209. The molecule has 2 rings (SSSR count). The smallest absolute Gasteiger partial charge is 0.245 e. The van der Waals surface area contributed by atoms with E-state index in [4.69, 9.17) is 4.84 Å². The molecule has 1 unspecified atom stereocenters. The Balaban J connectivity index is 1.59. The minimum Gasteiger partial charge on any atom is -0.313 e. The van der Waals surface area contributed by atoms with Crippen LogP contribution in [0.5, 0.6) is 0 Å². The number of hydrogen-bond donors (Lipinski definition) is 2. The van der Waals surface area contributed by atoms with Crippen molar-refractivity contribution in [2.24, 2.45) is 0 Å². The molecule has 0 aromatic rings. The molecular formula is C11H20N2O2. The number of nitrogens with one attached hydrogen (secondary N) is 2. The Kier molecular flexibility index (Phi) is 3.97. The molecular weight excluding hydrogens is 192 g/mol. The maximum atomic E-state index is 11.5. The fourth-order valence-corrected chi connectivity index (χ4v) is 2.35. The van der Waals surface area contributed by atoms with Gasteiger partial charge < -0.3 is 5.32 Å². The van der Waals surface area contributed by atoms with Gasteiger partial charge in [0.15, 0.2) is 0 Å². The molecule has 1 amide bonds. The molecule has 1 saturated heterocycles. The lowest BCUT2D eigenvalue weighted by Gasteiger charge is -2.13. The van der Waals surface area contributed by atoms with E-state index < -0.39 is 0 Å². The highest BCUT2D eigenvalue weighted by Crippen LogP contribution is 2.19. The third-order valence-corrected chi connectivity index (χ3v) is 3.24. The van der Waals surface area contributed by atoms with Gasteiger partial charge in [0.05, 0.1) is 6.10 Å². The van der Waals surface area contributed by atoms with Crippen molar-refractivity contribution in [1.29, 1.82) is 0 Å². The summed E-state index contributed by atoms with van der Waals surface area (Å²) in [6.45, 7) is 1.04. The van der Waals surface area contributed by atoms with Gasteiger partial charge in [0.1, 0.15) is 0 Å². The predicted octanol–water partition coefficient (Wildman–Crippen LogP) is 1.12. The van der Waals surface area contributed by atoms with Crippen LogP contribution in [0.3, 0.4) is 0 Å². The SMILES string of the molecule is O=C(CC1CCCN1)NOC1CCCC1. The molecule has 1 aliphatic heterocycles. The van der Waals surface area contributed by atoms with Gasteiger partial charge in [-0.05, 0) is 32.2 Å². The van der Waals surface area contributed by atoms with E-state index in [-0.39, 0.29) is 12.0 Å². The highest BCUT2D eigenvalue weighted by Gasteiger charge is 2.20. The fourth-order valence-electron chi connectivity index (χ4n) is 2.35. The van der Waals surface area contributed by atoms with Gasteiger partial charge in [-0.15, -0.1) is 0 Å². The van der Waals surface area contributed by atoms with E-state index in [9.17, 15) is 4.79 Å². The van der Waals surface area contributed by atoms with Crippen LogP contribution < -0.4 is 10.8 Å². The zero-order chi connectivity index (χ0) is 10.5. The van der Waals surface area contributed by atoms with E-state index in [0.29, 0.717) is 12.5 Å².